The minimum atomic E-state index is -0.929. The van der Waals surface area contributed by atoms with Gasteiger partial charge >= 0.3 is 5.97 Å². The van der Waals surface area contributed by atoms with E-state index in [1.54, 1.807) is 35.3 Å². The number of aliphatic carboxylic acids is 1. The van der Waals surface area contributed by atoms with Gasteiger partial charge in [-0.15, -0.1) is 0 Å². The first-order valence-electron chi connectivity index (χ1n) is 6.62. The van der Waals surface area contributed by atoms with Crippen LogP contribution in [0.5, 0.6) is 0 Å². The molecular formula is C14H15N3O3. The lowest BCUT2D eigenvalue weighted by atomic mass is 10.0. The number of fused-ring (bicyclic) bond motifs is 1. The number of carbonyl (C=O) groups excluding carboxylic acids is 1. The van der Waals surface area contributed by atoms with Gasteiger partial charge in [0.05, 0.1) is 23.6 Å². The van der Waals surface area contributed by atoms with Crippen molar-refractivity contribution in [2.45, 2.75) is 25.3 Å². The number of amides is 1. The van der Waals surface area contributed by atoms with E-state index in [9.17, 15) is 14.7 Å². The molecule has 1 atom stereocenters. The first-order chi connectivity index (χ1) is 9.66. The molecule has 0 bridgehead atoms. The second kappa shape index (κ2) is 4.96. The van der Waals surface area contributed by atoms with Crippen molar-refractivity contribution < 1.29 is 14.7 Å². The Morgan fingerprint density at radius 3 is 2.95 bits per heavy atom. The normalized spacial score (nSPS) is 19.2. The summed E-state index contributed by atoms with van der Waals surface area (Å²) >= 11 is 0. The molecule has 0 aromatic carbocycles. The number of aromatic nitrogens is 2. The van der Waals surface area contributed by atoms with Crippen LogP contribution < -0.4 is 0 Å². The van der Waals surface area contributed by atoms with Gasteiger partial charge in [-0.2, -0.15) is 0 Å². The number of rotatable bonds is 2. The number of carboxylic acid groups (broad SMARTS) is 1. The van der Waals surface area contributed by atoms with Gasteiger partial charge in [-0.25, -0.2) is 9.78 Å². The average Bonchev–Trinajstić information content (AvgIpc) is 2.93. The summed E-state index contributed by atoms with van der Waals surface area (Å²) < 4.78 is 1.76. The lowest BCUT2D eigenvalue weighted by Gasteiger charge is -2.33. The predicted octanol–water partition coefficient (Wildman–Crippen LogP) is 1.41. The van der Waals surface area contributed by atoms with Crippen molar-refractivity contribution in [1.82, 2.24) is 14.3 Å². The van der Waals surface area contributed by atoms with Crippen LogP contribution in [-0.4, -0.2) is 43.9 Å². The maximum atomic E-state index is 12.5. The van der Waals surface area contributed by atoms with Crippen LogP contribution in [0.3, 0.4) is 0 Å². The quantitative estimate of drug-likeness (QED) is 0.897. The van der Waals surface area contributed by atoms with Gasteiger partial charge in [-0.3, -0.25) is 4.79 Å². The predicted molar refractivity (Wildman–Crippen MR) is 71.5 cm³/mol. The molecule has 0 saturated carbocycles. The molecule has 3 heterocycles. The maximum Gasteiger partial charge on any atom is 0.326 e. The van der Waals surface area contributed by atoms with Crippen molar-refractivity contribution in [1.29, 1.82) is 0 Å². The molecule has 0 radical (unpaired) electrons. The van der Waals surface area contributed by atoms with Crippen molar-refractivity contribution in [3.63, 3.8) is 0 Å². The molecule has 1 N–H and O–H groups in total. The highest BCUT2D eigenvalue weighted by Crippen LogP contribution is 2.20. The number of imidazole rings is 1. The molecule has 3 rings (SSSR count). The van der Waals surface area contributed by atoms with Gasteiger partial charge in [-0.1, -0.05) is 0 Å². The third-order valence-corrected chi connectivity index (χ3v) is 3.70. The Bertz CT molecular complexity index is 664. The molecule has 104 valence electrons. The number of carbonyl (C=O) groups is 2. The van der Waals surface area contributed by atoms with E-state index in [1.807, 2.05) is 0 Å². The molecule has 0 spiro atoms. The molecule has 20 heavy (non-hydrogen) atoms. The summed E-state index contributed by atoms with van der Waals surface area (Å²) in [5, 5.41) is 9.23. The van der Waals surface area contributed by atoms with Gasteiger partial charge in [0.1, 0.15) is 6.04 Å². The molecule has 6 nitrogen and oxygen atoms in total. The zero-order chi connectivity index (χ0) is 14.1. The SMILES string of the molecule is O=C(O)C1CCCCN1C(=O)c1ccc2cncn2c1. The van der Waals surface area contributed by atoms with Gasteiger partial charge in [0.15, 0.2) is 0 Å². The molecule has 1 unspecified atom stereocenters. The molecule has 1 aliphatic heterocycles. The van der Waals surface area contributed by atoms with Crippen molar-refractivity contribution in [3.05, 3.63) is 36.4 Å². The third-order valence-electron chi connectivity index (χ3n) is 3.70. The smallest absolute Gasteiger partial charge is 0.326 e. The van der Waals surface area contributed by atoms with Crippen LogP contribution in [0.2, 0.25) is 0 Å². The Morgan fingerprint density at radius 2 is 2.15 bits per heavy atom. The van der Waals surface area contributed by atoms with Crippen LogP contribution >= 0.6 is 0 Å². The Balaban J connectivity index is 1.91. The van der Waals surface area contributed by atoms with Crippen LogP contribution in [-0.2, 0) is 4.79 Å². The van der Waals surface area contributed by atoms with E-state index in [0.717, 1.165) is 18.4 Å². The van der Waals surface area contributed by atoms with Crippen molar-refractivity contribution in [3.8, 4) is 0 Å². The Hall–Kier alpha value is -2.37. The summed E-state index contributed by atoms with van der Waals surface area (Å²) in [5.41, 5.74) is 1.39. The zero-order valence-corrected chi connectivity index (χ0v) is 10.9. The topological polar surface area (TPSA) is 74.9 Å². The highest BCUT2D eigenvalue weighted by molar-refractivity contribution is 5.96. The Kier molecular flexibility index (Phi) is 3.14. The summed E-state index contributed by atoms with van der Waals surface area (Å²) in [4.78, 5) is 29.2. The van der Waals surface area contributed by atoms with Gasteiger partial charge in [0.2, 0.25) is 0 Å². The number of piperidine rings is 1. The number of likely N-dealkylation sites (tertiary alicyclic amines) is 1. The average molecular weight is 273 g/mol. The molecule has 2 aromatic rings. The monoisotopic (exact) mass is 273 g/mol. The number of hydrogen-bond acceptors (Lipinski definition) is 3. The largest absolute Gasteiger partial charge is 0.480 e. The molecule has 1 aliphatic rings. The van der Waals surface area contributed by atoms with Crippen LogP contribution in [0.15, 0.2) is 30.9 Å². The van der Waals surface area contributed by atoms with Crippen molar-refractivity contribution >= 4 is 17.4 Å². The maximum absolute atomic E-state index is 12.5. The van der Waals surface area contributed by atoms with E-state index >= 15 is 0 Å². The van der Waals surface area contributed by atoms with Crippen LogP contribution in [0.4, 0.5) is 0 Å². The summed E-state index contributed by atoms with van der Waals surface area (Å²) in [7, 11) is 0. The van der Waals surface area contributed by atoms with Crippen LogP contribution in [0.1, 0.15) is 29.6 Å². The molecule has 1 saturated heterocycles. The minimum Gasteiger partial charge on any atom is -0.480 e. The van der Waals surface area contributed by atoms with E-state index < -0.39 is 12.0 Å². The summed E-state index contributed by atoms with van der Waals surface area (Å²) in [6.07, 6.45) is 7.24. The molecule has 2 aromatic heterocycles. The van der Waals surface area contributed by atoms with E-state index in [2.05, 4.69) is 4.98 Å². The van der Waals surface area contributed by atoms with Crippen molar-refractivity contribution in [2.75, 3.05) is 6.54 Å². The standard InChI is InChI=1S/C14H15N3O3/c18-13(17-6-2-1-3-12(17)14(19)20)10-4-5-11-7-15-9-16(11)8-10/h4-5,7-9,12H,1-3,6H2,(H,19,20). The fourth-order valence-electron chi connectivity index (χ4n) is 2.64. The third kappa shape index (κ3) is 2.13. The number of pyridine rings is 1. The second-order valence-corrected chi connectivity index (χ2v) is 4.99. The fraction of sp³-hybridized carbons (Fsp3) is 0.357. The first kappa shape index (κ1) is 12.7. The highest BCUT2D eigenvalue weighted by Gasteiger charge is 2.32. The molecular weight excluding hydrogens is 258 g/mol. The molecule has 1 amide bonds. The van der Waals surface area contributed by atoms with Crippen LogP contribution in [0, 0.1) is 0 Å². The molecule has 6 heteroatoms. The first-order valence-corrected chi connectivity index (χ1v) is 6.62. The van der Waals surface area contributed by atoms with Crippen LogP contribution in [0.25, 0.3) is 5.52 Å². The minimum absolute atomic E-state index is 0.229. The van der Waals surface area contributed by atoms with E-state index in [4.69, 9.17) is 0 Å². The Labute approximate surface area is 115 Å². The number of hydrogen-bond donors (Lipinski definition) is 1. The Morgan fingerprint density at radius 1 is 1.30 bits per heavy atom. The zero-order valence-electron chi connectivity index (χ0n) is 10.9. The van der Waals surface area contributed by atoms with Gasteiger partial charge in [0, 0.05) is 12.7 Å². The van der Waals surface area contributed by atoms with Crippen molar-refractivity contribution in [2.24, 2.45) is 0 Å². The fourth-order valence-corrected chi connectivity index (χ4v) is 2.64. The van der Waals surface area contributed by atoms with Gasteiger partial charge in [-0.05, 0) is 31.4 Å². The number of nitrogens with zero attached hydrogens (tertiary/aromatic N) is 3. The van der Waals surface area contributed by atoms with E-state index in [1.165, 1.54) is 4.90 Å². The molecule has 0 aliphatic carbocycles. The van der Waals surface area contributed by atoms with E-state index in [0.29, 0.717) is 18.5 Å². The second-order valence-electron chi connectivity index (χ2n) is 4.99. The summed E-state index contributed by atoms with van der Waals surface area (Å²) in [6.45, 7) is 0.498. The van der Waals surface area contributed by atoms with E-state index in [-0.39, 0.29) is 5.91 Å². The number of carboxylic acids is 1. The summed E-state index contributed by atoms with van der Waals surface area (Å²) in [5.74, 6) is -1.16. The molecule has 1 fully saturated rings. The lowest BCUT2D eigenvalue weighted by Crippen LogP contribution is -2.48. The summed E-state index contributed by atoms with van der Waals surface area (Å²) in [6, 6.07) is 2.81. The highest BCUT2D eigenvalue weighted by atomic mass is 16.4. The van der Waals surface area contributed by atoms with Gasteiger partial charge in [0.25, 0.3) is 5.91 Å². The lowest BCUT2D eigenvalue weighted by molar-refractivity contribution is -0.143. The van der Waals surface area contributed by atoms with Gasteiger partial charge < -0.3 is 14.4 Å².